The van der Waals surface area contributed by atoms with Crippen molar-refractivity contribution in [1.29, 1.82) is 0 Å². The molecule has 0 unspecified atom stereocenters. The first-order valence-corrected chi connectivity index (χ1v) is 5.14. The topological polar surface area (TPSA) is 67.5 Å². The molecule has 0 aliphatic carbocycles. The summed E-state index contributed by atoms with van der Waals surface area (Å²) in [7, 11) is 0. The van der Waals surface area contributed by atoms with Gasteiger partial charge in [-0.1, -0.05) is 19.9 Å². The van der Waals surface area contributed by atoms with Gasteiger partial charge in [-0.2, -0.15) is 5.10 Å². The van der Waals surface area contributed by atoms with Gasteiger partial charge >= 0.3 is 5.97 Å². The molecule has 2 heterocycles. The maximum atomic E-state index is 10.7. The van der Waals surface area contributed by atoms with Gasteiger partial charge < -0.3 is 5.11 Å². The second-order valence-electron chi connectivity index (χ2n) is 4.00. The van der Waals surface area contributed by atoms with E-state index in [1.165, 1.54) is 0 Å². The van der Waals surface area contributed by atoms with Crippen molar-refractivity contribution in [2.45, 2.75) is 26.2 Å². The second kappa shape index (κ2) is 3.92. The average Bonchev–Trinajstić information content (AvgIpc) is 2.61. The highest BCUT2D eigenvalue weighted by Crippen LogP contribution is 2.14. The molecule has 0 spiro atoms. The van der Waals surface area contributed by atoms with Gasteiger partial charge in [-0.15, -0.1) is 0 Å². The molecular formula is C11H13N3O2. The fourth-order valence-corrected chi connectivity index (χ4v) is 1.52. The predicted molar refractivity (Wildman–Crippen MR) is 58.4 cm³/mol. The number of hydrogen-bond acceptors (Lipinski definition) is 3. The lowest BCUT2D eigenvalue weighted by atomic mass is 10.2. The minimum Gasteiger partial charge on any atom is -0.481 e. The maximum absolute atomic E-state index is 10.7. The highest BCUT2D eigenvalue weighted by molar-refractivity contribution is 5.73. The number of fused-ring (bicyclic) bond motifs is 1. The highest BCUT2D eigenvalue weighted by Gasteiger charge is 2.12. The smallest absolute Gasteiger partial charge is 0.307 e. The molecule has 0 aliphatic rings. The number of nitrogens with zero attached hydrogens (tertiary/aromatic N) is 3. The van der Waals surface area contributed by atoms with E-state index in [-0.39, 0.29) is 12.3 Å². The Hall–Kier alpha value is -1.91. The van der Waals surface area contributed by atoms with Crippen LogP contribution in [0.3, 0.4) is 0 Å². The van der Waals surface area contributed by atoms with Crippen LogP contribution in [-0.2, 0) is 11.2 Å². The van der Waals surface area contributed by atoms with Crippen LogP contribution in [0.4, 0.5) is 0 Å². The van der Waals surface area contributed by atoms with Gasteiger partial charge in [0.2, 0.25) is 0 Å². The molecule has 0 saturated heterocycles. The fraction of sp³-hybridized carbons (Fsp3) is 0.364. The molecule has 84 valence electrons. The summed E-state index contributed by atoms with van der Waals surface area (Å²) in [5, 5.41) is 13.1. The summed E-state index contributed by atoms with van der Waals surface area (Å²) < 4.78 is 1.63. The molecule has 5 nitrogen and oxygen atoms in total. The van der Waals surface area contributed by atoms with E-state index in [9.17, 15) is 4.79 Å². The molecule has 0 aromatic carbocycles. The van der Waals surface area contributed by atoms with Gasteiger partial charge in [0.25, 0.3) is 0 Å². The van der Waals surface area contributed by atoms with Crippen LogP contribution in [0.2, 0.25) is 0 Å². The van der Waals surface area contributed by atoms with Crippen molar-refractivity contribution >= 4 is 11.6 Å². The van der Waals surface area contributed by atoms with Gasteiger partial charge in [0, 0.05) is 17.7 Å². The van der Waals surface area contributed by atoms with Crippen LogP contribution < -0.4 is 0 Å². The normalized spacial score (nSPS) is 11.2. The third-order valence-electron chi connectivity index (χ3n) is 2.32. The zero-order valence-corrected chi connectivity index (χ0v) is 9.21. The Morgan fingerprint density at radius 2 is 2.31 bits per heavy atom. The van der Waals surface area contributed by atoms with Crippen LogP contribution in [0.5, 0.6) is 0 Å². The summed E-state index contributed by atoms with van der Waals surface area (Å²) >= 11 is 0. The minimum absolute atomic E-state index is 0.0272. The van der Waals surface area contributed by atoms with E-state index in [1.54, 1.807) is 22.8 Å². The van der Waals surface area contributed by atoms with Crippen molar-refractivity contribution in [1.82, 2.24) is 14.6 Å². The predicted octanol–water partition coefficient (Wildman–Crippen LogP) is 1.48. The zero-order chi connectivity index (χ0) is 11.7. The summed E-state index contributed by atoms with van der Waals surface area (Å²) in [4.78, 5) is 15.0. The van der Waals surface area contributed by atoms with Gasteiger partial charge in [0.1, 0.15) is 0 Å². The lowest BCUT2D eigenvalue weighted by Gasteiger charge is -1.97. The van der Waals surface area contributed by atoms with E-state index in [1.807, 2.05) is 13.8 Å². The molecule has 0 bridgehead atoms. The van der Waals surface area contributed by atoms with E-state index >= 15 is 0 Å². The van der Waals surface area contributed by atoms with Gasteiger partial charge in [0.05, 0.1) is 6.42 Å². The molecule has 0 saturated carbocycles. The Labute approximate surface area is 92.7 Å². The third kappa shape index (κ3) is 1.88. The summed E-state index contributed by atoms with van der Waals surface area (Å²) in [5.41, 5.74) is 1.32. The molecule has 0 fully saturated rings. The molecule has 2 aromatic rings. The van der Waals surface area contributed by atoms with Gasteiger partial charge in [-0.05, 0) is 6.07 Å². The standard InChI is InChI=1S/C11H13N3O2/c1-7(2)10-12-11-8(6-9(15)16)4-3-5-14(11)13-10/h3-5,7H,6H2,1-2H3,(H,15,16). The zero-order valence-electron chi connectivity index (χ0n) is 9.21. The van der Waals surface area contributed by atoms with Crippen molar-refractivity contribution in [3.05, 3.63) is 29.7 Å². The number of pyridine rings is 1. The lowest BCUT2D eigenvalue weighted by molar-refractivity contribution is -0.136. The Morgan fingerprint density at radius 1 is 1.56 bits per heavy atom. The molecular weight excluding hydrogens is 206 g/mol. The molecule has 5 heteroatoms. The molecule has 0 radical (unpaired) electrons. The number of rotatable bonds is 3. The van der Waals surface area contributed by atoms with E-state index < -0.39 is 5.97 Å². The number of aromatic nitrogens is 3. The van der Waals surface area contributed by atoms with Crippen LogP contribution >= 0.6 is 0 Å². The van der Waals surface area contributed by atoms with Gasteiger partial charge in [0.15, 0.2) is 11.5 Å². The van der Waals surface area contributed by atoms with Crippen LogP contribution in [-0.4, -0.2) is 25.7 Å². The van der Waals surface area contributed by atoms with Crippen LogP contribution in [0, 0.1) is 0 Å². The van der Waals surface area contributed by atoms with E-state index in [4.69, 9.17) is 5.11 Å². The fourth-order valence-electron chi connectivity index (χ4n) is 1.52. The number of carboxylic acids is 1. The van der Waals surface area contributed by atoms with Crippen molar-refractivity contribution in [3.8, 4) is 0 Å². The Balaban J connectivity index is 2.54. The number of carbonyl (C=O) groups is 1. The molecule has 16 heavy (non-hydrogen) atoms. The van der Waals surface area contributed by atoms with Crippen molar-refractivity contribution in [2.24, 2.45) is 0 Å². The van der Waals surface area contributed by atoms with Crippen molar-refractivity contribution in [2.75, 3.05) is 0 Å². The number of hydrogen-bond donors (Lipinski definition) is 1. The van der Waals surface area contributed by atoms with Gasteiger partial charge in [-0.3, -0.25) is 4.79 Å². The van der Waals surface area contributed by atoms with Crippen LogP contribution in [0.25, 0.3) is 5.65 Å². The first-order chi connectivity index (χ1) is 7.58. The van der Waals surface area contributed by atoms with Crippen molar-refractivity contribution < 1.29 is 9.90 Å². The van der Waals surface area contributed by atoms with Crippen molar-refractivity contribution in [3.63, 3.8) is 0 Å². The summed E-state index contributed by atoms with van der Waals surface area (Å²) in [6, 6.07) is 3.55. The Morgan fingerprint density at radius 3 is 2.94 bits per heavy atom. The Kier molecular flexibility index (Phi) is 2.60. The third-order valence-corrected chi connectivity index (χ3v) is 2.32. The molecule has 0 amide bonds. The quantitative estimate of drug-likeness (QED) is 0.849. The average molecular weight is 219 g/mol. The minimum atomic E-state index is -0.859. The van der Waals surface area contributed by atoms with Crippen LogP contribution in [0.15, 0.2) is 18.3 Å². The Bertz CT molecular complexity index is 531. The first kappa shape index (κ1) is 10.6. The lowest BCUT2D eigenvalue weighted by Crippen LogP contribution is -2.02. The number of carboxylic acid groups (broad SMARTS) is 1. The molecule has 0 atom stereocenters. The molecule has 1 N–H and O–H groups in total. The van der Waals surface area contributed by atoms with E-state index in [2.05, 4.69) is 10.1 Å². The maximum Gasteiger partial charge on any atom is 0.307 e. The largest absolute Gasteiger partial charge is 0.481 e. The first-order valence-electron chi connectivity index (χ1n) is 5.14. The summed E-state index contributed by atoms with van der Waals surface area (Å²) in [6.45, 7) is 4.01. The summed E-state index contributed by atoms with van der Waals surface area (Å²) in [6.07, 6.45) is 1.75. The molecule has 0 aliphatic heterocycles. The summed E-state index contributed by atoms with van der Waals surface area (Å²) in [5.74, 6) is 0.109. The van der Waals surface area contributed by atoms with Gasteiger partial charge in [-0.25, -0.2) is 9.50 Å². The van der Waals surface area contributed by atoms with E-state index in [0.717, 1.165) is 5.82 Å². The highest BCUT2D eigenvalue weighted by atomic mass is 16.4. The van der Waals surface area contributed by atoms with E-state index in [0.29, 0.717) is 11.2 Å². The second-order valence-corrected chi connectivity index (χ2v) is 4.00. The SMILES string of the molecule is CC(C)c1nc2c(CC(=O)O)cccn2n1. The monoisotopic (exact) mass is 219 g/mol. The number of aliphatic carboxylic acids is 1. The van der Waals surface area contributed by atoms with Crippen LogP contribution in [0.1, 0.15) is 31.2 Å². The molecule has 2 aromatic heterocycles. The molecule has 2 rings (SSSR count).